The third kappa shape index (κ3) is 1.30. The summed E-state index contributed by atoms with van der Waals surface area (Å²) in [4.78, 5) is 23.9. The Hall–Kier alpha value is -1.84. The smallest absolute Gasteiger partial charge is 0.258 e. The molecule has 0 radical (unpaired) electrons. The molecule has 4 heteroatoms. The zero-order valence-corrected chi connectivity index (χ0v) is 9.45. The lowest BCUT2D eigenvalue weighted by atomic mass is 9.73. The third-order valence-electron chi connectivity index (χ3n) is 3.92. The Kier molecular flexibility index (Phi) is 2.02. The summed E-state index contributed by atoms with van der Waals surface area (Å²) in [6, 6.07) is 5.27. The summed E-state index contributed by atoms with van der Waals surface area (Å²) in [5.41, 5.74) is 7.19. The van der Waals surface area contributed by atoms with Crippen molar-refractivity contribution in [3.63, 3.8) is 0 Å². The standard InChI is InChI=1S/C13H14N2O2/c14-8-3-4-10-9(7-8)11(16)15-12(17)13(10)5-1-2-6-13/h3-4,7H,1-2,5-6,14H2,(H,15,16,17). The van der Waals surface area contributed by atoms with Crippen LogP contribution >= 0.6 is 0 Å². The molecule has 3 rings (SSSR count). The molecule has 2 amide bonds. The number of hydrogen-bond donors (Lipinski definition) is 2. The number of imide groups is 1. The maximum Gasteiger partial charge on any atom is 0.258 e. The first kappa shape index (κ1) is 10.3. The summed E-state index contributed by atoms with van der Waals surface area (Å²) in [5.74, 6) is -0.466. The fourth-order valence-electron chi connectivity index (χ4n) is 3.05. The van der Waals surface area contributed by atoms with Gasteiger partial charge in [0.2, 0.25) is 5.91 Å². The Morgan fingerprint density at radius 1 is 1.18 bits per heavy atom. The maximum atomic E-state index is 12.1. The van der Waals surface area contributed by atoms with Gasteiger partial charge in [0.15, 0.2) is 0 Å². The first-order valence-corrected chi connectivity index (χ1v) is 5.89. The Morgan fingerprint density at radius 3 is 2.59 bits per heavy atom. The van der Waals surface area contributed by atoms with Crippen LogP contribution in [0.4, 0.5) is 5.69 Å². The first-order valence-electron chi connectivity index (χ1n) is 5.89. The van der Waals surface area contributed by atoms with Crippen molar-refractivity contribution >= 4 is 17.5 Å². The highest BCUT2D eigenvalue weighted by molar-refractivity contribution is 6.13. The number of carbonyl (C=O) groups excluding carboxylic acids is 2. The molecule has 0 bridgehead atoms. The van der Waals surface area contributed by atoms with E-state index in [2.05, 4.69) is 5.32 Å². The topological polar surface area (TPSA) is 72.2 Å². The van der Waals surface area contributed by atoms with Crippen molar-refractivity contribution in [2.75, 3.05) is 5.73 Å². The average Bonchev–Trinajstić information content (AvgIpc) is 2.77. The number of amides is 2. The molecule has 1 aromatic rings. The van der Waals surface area contributed by atoms with Crippen molar-refractivity contribution in [3.8, 4) is 0 Å². The van der Waals surface area contributed by atoms with Gasteiger partial charge in [-0.1, -0.05) is 18.9 Å². The second kappa shape index (κ2) is 3.32. The fraction of sp³-hybridized carbons (Fsp3) is 0.385. The molecule has 1 aromatic carbocycles. The molecule has 1 saturated carbocycles. The van der Waals surface area contributed by atoms with Gasteiger partial charge >= 0.3 is 0 Å². The third-order valence-corrected chi connectivity index (χ3v) is 3.92. The number of rotatable bonds is 0. The summed E-state index contributed by atoms with van der Waals surface area (Å²) >= 11 is 0. The average molecular weight is 230 g/mol. The Bertz CT molecular complexity index is 516. The van der Waals surface area contributed by atoms with Crippen LogP contribution in [-0.4, -0.2) is 11.8 Å². The van der Waals surface area contributed by atoms with E-state index in [-0.39, 0.29) is 11.8 Å². The summed E-state index contributed by atoms with van der Waals surface area (Å²) in [5, 5.41) is 2.46. The molecule has 1 aliphatic carbocycles. The molecule has 1 fully saturated rings. The van der Waals surface area contributed by atoms with E-state index >= 15 is 0 Å². The molecule has 0 saturated heterocycles. The molecule has 2 aliphatic rings. The lowest BCUT2D eigenvalue weighted by Crippen LogP contribution is -2.50. The number of nitrogens with one attached hydrogen (secondary N) is 1. The minimum atomic E-state index is -0.489. The monoisotopic (exact) mass is 230 g/mol. The molecular formula is C13H14N2O2. The number of fused-ring (bicyclic) bond motifs is 2. The highest BCUT2D eigenvalue weighted by Gasteiger charge is 2.48. The van der Waals surface area contributed by atoms with Gasteiger partial charge in [-0.3, -0.25) is 14.9 Å². The van der Waals surface area contributed by atoms with Crippen LogP contribution < -0.4 is 11.1 Å². The molecule has 0 unspecified atom stereocenters. The van der Waals surface area contributed by atoms with E-state index in [0.717, 1.165) is 31.2 Å². The van der Waals surface area contributed by atoms with Gasteiger partial charge in [0.1, 0.15) is 0 Å². The summed E-state index contributed by atoms with van der Waals surface area (Å²) in [6.07, 6.45) is 3.71. The van der Waals surface area contributed by atoms with Crippen LogP contribution in [0.2, 0.25) is 0 Å². The van der Waals surface area contributed by atoms with Crippen LogP contribution in [-0.2, 0) is 10.2 Å². The minimum absolute atomic E-state index is 0.141. The maximum absolute atomic E-state index is 12.1. The number of nitrogens with two attached hydrogens (primary N) is 1. The molecule has 1 spiro atoms. The molecule has 1 heterocycles. The normalized spacial score (nSPS) is 21.4. The second-order valence-electron chi connectivity index (χ2n) is 4.88. The zero-order chi connectivity index (χ0) is 12.0. The number of nitrogen functional groups attached to an aromatic ring is 1. The summed E-state index contributed by atoms with van der Waals surface area (Å²) in [6.45, 7) is 0. The van der Waals surface area contributed by atoms with E-state index in [1.165, 1.54) is 0 Å². The first-order chi connectivity index (χ1) is 8.13. The van der Waals surface area contributed by atoms with Crippen molar-refractivity contribution in [1.82, 2.24) is 5.32 Å². The Labute approximate surface area is 99.2 Å². The van der Waals surface area contributed by atoms with E-state index in [1.54, 1.807) is 12.1 Å². The molecule has 88 valence electrons. The predicted molar refractivity (Wildman–Crippen MR) is 63.5 cm³/mol. The van der Waals surface area contributed by atoms with Crippen LogP contribution in [0.15, 0.2) is 18.2 Å². The molecule has 1 aliphatic heterocycles. The Morgan fingerprint density at radius 2 is 1.88 bits per heavy atom. The quantitative estimate of drug-likeness (QED) is 0.522. The van der Waals surface area contributed by atoms with Gasteiger partial charge < -0.3 is 5.73 Å². The van der Waals surface area contributed by atoms with Gasteiger partial charge in [-0.05, 0) is 30.5 Å². The van der Waals surface area contributed by atoms with Crippen LogP contribution in [0.1, 0.15) is 41.6 Å². The largest absolute Gasteiger partial charge is 0.399 e. The van der Waals surface area contributed by atoms with Gasteiger partial charge in [0.25, 0.3) is 5.91 Å². The van der Waals surface area contributed by atoms with E-state index in [0.29, 0.717) is 11.3 Å². The van der Waals surface area contributed by atoms with Crippen molar-refractivity contribution in [3.05, 3.63) is 29.3 Å². The van der Waals surface area contributed by atoms with Gasteiger partial charge in [0.05, 0.1) is 5.41 Å². The number of carbonyl (C=O) groups is 2. The number of benzene rings is 1. The van der Waals surface area contributed by atoms with Gasteiger partial charge in [-0.15, -0.1) is 0 Å². The van der Waals surface area contributed by atoms with Crippen LogP contribution in [0.25, 0.3) is 0 Å². The van der Waals surface area contributed by atoms with Crippen LogP contribution in [0.5, 0.6) is 0 Å². The molecular weight excluding hydrogens is 216 g/mol. The van der Waals surface area contributed by atoms with Crippen molar-refractivity contribution in [1.29, 1.82) is 0 Å². The Balaban J connectivity index is 2.23. The van der Waals surface area contributed by atoms with E-state index in [9.17, 15) is 9.59 Å². The highest BCUT2D eigenvalue weighted by Crippen LogP contribution is 2.44. The van der Waals surface area contributed by atoms with E-state index in [4.69, 9.17) is 5.73 Å². The SMILES string of the molecule is Nc1ccc2c(c1)C(=O)NC(=O)C21CCCC1. The van der Waals surface area contributed by atoms with E-state index < -0.39 is 5.41 Å². The molecule has 3 N–H and O–H groups in total. The number of hydrogen-bond acceptors (Lipinski definition) is 3. The zero-order valence-electron chi connectivity index (χ0n) is 9.45. The van der Waals surface area contributed by atoms with Gasteiger partial charge in [-0.25, -0.2) is 0 Å². The number of anilines is 1. The fourth-order valence-corrected chi connectivity index (χ4v) is 3.05. The minimum Gasteiger partial charge on any atom is -0.399 e. The van der Waals surface area contributed by atoms with Crippen molar-refractivity contribution < 1.29 is 9.59 Å². The van der Waals surface area contributed by atoms with E-state index in [1.807, 2.05) is 6.07 Å². The highest BCUT2D eigenvalue weighted by atomic mass is 16.2. The molecule has 4 nitrogen and oxygen atoms in total. The molecule has 0 atom stereocenters. The van der Waals surface area contributed by atoms with Crippen molar-refractivity contribution in [2.45, 2.75) is 31.1 Å². The predicted octanol–water partition coefficient (Wildman–Crippen LogP) is 1.35. The van der Waals surface area contributed by atoms with Crippen molar-refractivity contribution in [2.24, 2.45) is 0 Å². The summed E-state index contributed by atoms with van der Waals surface area (Å²) in [7, 11) is 0. The summed E-state index contributed by atoms with van der Waals surface area (Å²) < 4.78 is 0. The lowest BCUT2D eigenvalue weighted by molar-refractivity contribution is -0.126. The molecule has 0 aromatic heterocycles. The van der Waals surface area contributed by atoms with Gasteiger partial charge in [-0.2, -0.15) is 0 Å². The second-order valence-corrected chi connectivity index (χ2v) is 4.88. The van der Waals surface area contributed by atoms with Crippen LogP contribution in [0, 0.1) is 0 Å². The van der Waals surface area contributed by atoms with Gasteiger partial charge in [0, 0.05) is 11.3 Å². The molecule has 17 heavy (non-hydrogen) atoms. The van der Waals surface area contributed by atoms with Crippen LogP contribution in [0.3, 0.4) is 0 Å². The lowest BCUT2D eigenvalue weighted by Gasteiger charge is -2.33.